The number of aromatic carboxylic acids is 1. The Labute approximate surface area is 101 Å². The van der Waals surface area contributed by atoms with Crippen molar-refractivity contribution in [2.24, 2.45) is 0 Å². The highest BCUT2D eigenvalue weighted by atomic mass is 16.4. The Kier molecular flexibility index (Phi) is 2.66. The molecule has 0 aliphatic carbocycles. The van der Waals surface area contributed by atoms with Crippen LogP contribution < -0.4 is 0 Å². The molecule has 2 nitrogen and oxygen atoms in total. The highest BCUT2D eigenvalue weighted by molar-refractivity contribution is 5.98. The van der Waals surface area contributed by atoms with E-state index in [1.165, 1.54) is 0 Å². The van der Waals surface area contributed by atoms with Crippen LogP contribution in [0.25, 0.3) is 10.8 Å². The molecule has 0 atom stereocenters. The first-order chi connectivity index (χ1) is 7.91. The van der Waals surface area contributed by atoms with Crippen molar-refractivity contribution in [2.75, 3.05) is 0 Å². The zero-order valence-corrected chi connectivity index (χ0v) is 10.3. The van der Waals surface area contributed by atoms with E-state index in [2.05, 4.69) is 0 Å². The van der Waals surface area contributed by atoms with Crippen LogP contribution >= 0.6 is 0 Å². The third-order valence-electron chi connectivity index (χ3n) is 2.91. The zero-order chi connectivity index (χ0) is 12.6. The number of hydrogen-bond acceptors (Lipinski definition) is 1. The topological polar surface area (TPSA) is 37.3 Å². The van der Waals surface area contributed by atoms with Crippen LogP contribution in [-0.4, -0.2) is 11.1 Å². The van der Waals surface area contributed by atoms with E-state index in [0.29, 0.717) is 5.56 Å². The van der Waals surface area contributed by atoms with Gasteiger partial charge in [0.05, 0.1) is 5.56 Å². The second kappa shape index (κ2) is 3.88. The summed E-state index contributed by atoms with van der Waals surface area (Å²) in [5.74, 6) is -0.860. The molecule has 0 radical (unpaired) electrons. The molecule has 0 saturated carbocycles. The molecular formula is C15H16O2. The summed E-state index contributed by atoms with van der Waals surface area (Å²) in [6, 6.07) is 11.5. The first-order valence-corrected chi connectivity index (χ1v) is 5.67. The van der Waals surface area contributed by atoms with Gasteiger partial charge < -0.3 is 5.11 Å². The van der Waals surface area contributed by atoms with Gasteiger partial charge in [-0.2, -0.15) is 0 Å². The molecular weight excluding hydrogens is 212 g/mol. The lowest BCUT2D eigenvalue weighted by molar-refractivity contribution is 0.0694. The molecule has 0 amide bonds. The Morgan fingerprint density at radius 1 is 1.06 bits per heavy atom. The predicted molar refractivity (Wildman–Crippen MR) is 69.6 cm³/mol. The molecule has 1 N–H and O–H groups in total. The van der Waals surface area contributed by atoms with Gasteiger partial charge >= 0.3 is 5.97 Å². The predicted octanol–water partition coefficient (Wildman–Crippen LogP) is 3.84. The summed E-state index contributed by atoms with van der Waals surface area (Å²) in [4.78, 5) is 11.3. The molecule has 0 aliphatic heterocycles. The van der Waals surface area contributed by atoms with Gasteiger partial charge in [0.25, 0.3) is 0 Å². The lowest BCUT2D eigenvalue weighted by Gasteiger charge is -2.23. The monoisotopic (exact) mass is 228 g/mol. The van der Waals surface area contributed by atoms with E-state index in [4.69, 9.17) is 0 Å². The zero-order valence-electron chi connectivity index (χ0n) is 10.3. The molecule has 0 fully saturated rings. The number of carbonyl (C=O) groups is 1. The second-order valence-electron chi connectivity index (χ2n) is 5.26. The largest absolute Gasteiger partial charge is 0.478 e. The molecule has 0 aromatic heterocycles. The van der Waals surface area contributed by atoms with E-state index >= 15 is 0 Å². The maximum Gasteiger partial charge on any atom is 0.336 e. The average molecular weight is 228 g/mol. The van der Waals surface area contributed by atoms with E-state index in [9.17, 15) is 9.90 Å². The number of hydrogen-bond donors (Lipinski definition) is 1. The van der Waals surface area contributed by atoms with Crippen LogP contribution in [0.1, 0.15) is 36.7 Å². The van der Waals surface area contributed by atoms with Gasteiger partial charge in [-0.3, -0.25) is 0 Å². The highest BCUT2D eigenvalue weighted by Crippen LogP contribution is 2.33. The van der Waals surface area contributed by atoms with Gasteiger partial charge in [-0.25, -0.2) is 4.79 Å². The van der Waals surface area contributed by atoms with Crippen molar-refractivity contribution >= 4 is 16.7 Å². The molecule has 2 rings (SSSR count). The summed E-state index contributed by atoms with van der Waals surface area (Å²) in [5, 5.41) is 11.4. The van der Waals surface area contributed by atoms with Gasteiger partial charge in [0, 0.05) is 0 Å². The summed E-state index contributed by atoms with van der Waals surface area (Å²) in [6.07, 6.45) is 0. The number of fused-ring (bicyclic) bond motifs is 1. The minimum atomic E-state index is -0.860. The van der Waals surface area contributed by atoms with Crippen molar-refractivity contribution in [2.45, 2.75) is 26.2 Å². The molecule has 0 spiro atoms. The van der Waals surface area contributed by atoms with Crippen LogP contribution in [0.4, 0.5) is 0 Å². The fourth-order valence-electron chi connectivity index (χ4n) is 2.26. The number of carboxylic acid groups (broad SMARTS) is 1. The molecule has 0 heterocycles. The second-order valence-corrected chi connectivity index (χ2v) is 5.26. The third kappa shape index (κ3) is 2.03. The summed E-state index contributed by atoms with van der Waals surface area (Å²) < 4.78 is 0. The van der Waals surface area contributed by atoms with Gasteiger partial charge in [0.2, 0.25) is 0 Å². The quantitative estimate of drug-likeness (QED) is 0.805. The fraction of sp³-hybridized carbons (Fsp3) is 0.267. The minimum absolute atomic E-state index is 0.186. The van der Waals surface area contributed by atoms with Gasteiger partial charge in [0.1, 0.15) is 0 Å². The molecule has 17 heavy (non-hydrogen) atoms. The fourth-order valence-corrected chi connectivity index (χ4v) is 2.26. The van der Waals surface area contributed by atoms with E-state index < -0.39 is 5.97 Å². The van der Waals surface area contributed by atoms with Crippen molar-refractivity contribution in [3.8, 4) is 0 Å². The number of carboxylic acids is 1. The van der Waals surface area contributed by atoms with E-state index in [-0.39, 0.29) is 5.41 Å². The van der Waals surface area contributed by atoms with Crippen molar-refractivity contribution in [1.29, 1.82) is 0 Å². The molecule has 88 valence electrons. The van der Waals surface area contributed by atoms with Gasteiger partial charge in [0.15, 0.2) is 0 Å². The van der Waals surface area contributed by atoms with Crippen LogP contribution in [0.5, 0.6) is 0 Å². The van der Waals surface area contributed by atoms with Gasteiger partial charge in [-0.05, 0) is 27.8 Å². The first kappa shape index (κ1) is 11.6. The van der Waals surface area contributed by atoms with Crippen LogP contribution in [-0.2, 0) is 5.41 Å². The van der Waals surface area contributed by atoms with Crippen LogP contribution in [0.3, 0.4) is 0 Å². The Hall–Kier alpha value is -1.83. The van der Waals surface area contributed by atoms with Crippen LogP contribution in [0, 0.1) is 0 Å². The summed E-state index contributed by atoms with van der Waals surface area (Å²) >= 11 is 0. The minimum Gasteiger partial charge on any atom is -0.478 e. The molecule has 0 unspecified atom stereocenters. The Morgan fingerprint density at radius 3 is 2.29 bits per heavy atom. The van der Waals surface area contributed by atoms with Crippen molar-refractivity contribution in [3.63, 3.8) is 0 Å². The molecule has 0 saturated heterocycles. The molecule has 0 aliphatic rings. The third-order valence-corrected chi connectivity index (χ3v) is 2.91. The first-order valence-electron chi connectivity index (χ1n) is 5.67. The summed E-state index contributed by atoms with van der Waals surface area (Å²) in [5.41, 5.74) is 1.12. The van der Waals surface area contributed by atoms with Crippen LogP contribution in [0.15, 0.2) is 36.4 Å². The van der Waals surface area contributed by atoms with Crippen molar-refractivity contribution in [3.05, 3.63) is 47.5 Å². The van der Waals surface area contributed by atoms with E-state index in [1.807, 2.05) is 51.1 Å². The van der Waals surface area contributed by atoms with E-state index in [1.54, 1.807) is 6.07 Å². The smallest absolute Gasteiger partial charge is 0.336 e. The Bertz CT molecular complexity index is 577. The lowest BCUT2D eigenvalue weighted by Crippen LogP contribution is -2.17. The SMILES string of the molecule is CC(C)(C)c1c(C(=O)O)ccc2ccccc12. The van der Waals surface area contributed by atoms with E-state index in [0.717, 1.165) is 16.3 Å². The lowest BCUT2D eigenvalue weighted by atomic mass is 9.80. The van der Waals surface area contributed by atoms with Crippen LogP contribution in [0.2, 0.25) is 0 Å². The average Bonchev–Trinajstić information content (AvgIpc) is 2.26. The molecule has 2 aromatic rings. The molecule has 2 aromatic carbocycles. The standard InChI is InChI=1S/C15H16O2/c1-15(2,3)13-11-7-5-4-6-10(11)8-9-12(13)14(16)17/h4-9H,1-3H3,(H,16,17). The summed E-state index contributed by atoms with van der Waals surface area (Å²) in [6.45, 7) is 6.13. The number of benzene rings is 2. The van der Waals surface area contributed by atoms with Gasteiger partial charge in [-0.15, -0.1) is 0 Å². The Balaban J connectivity index is 2.90. The molecule has 0 bridgehead atoms. The number of rotatable bonds is 1. The van der Waals surface area contributed by atoms with Crippen molar-refractivity contribution in [1.82, 2.24) is 0 Å². The maximum atomic E-state index is 11.3. The summed E-state index contributed by atoms with van der Waals surface area (Å²) in [7, 11) is 0. The van der Waals surface area contributed by atoms with Gasteiger partial charge in [-0.1, -0.05) is 51.1 Å². The normalized spacial score (nSPS) is 11.7. The highest BCUT2D eigenvalue weighted by Gasteiger charge is 2.23. The molecule has 2 heteroatoms. The Morgan fingerprint density at radius 2 is 1.71 bits per heavy atom. The van der Waals surface area contributed by atoms with Crippen molar-refractivity contribution < 1.29 is 9.90 Å². The maximum absolute atomic E-state index is 11.3.